The highest BCUT2D eigenvalue weighted by molar-refractivity contribution is 5.69. The predicted octanol–water partition coefficient (Wildman–Crippen LogP) is 2.58. The van der Waals surface area contributed by atoms with Gasteiger partial charge in [-0.1, -0.05) is 30.3 Å². The third-order valence-electron chi connectivity index (χ3n) is 3.26. The minimum atomic E-state index is -1.04. The molecule has 1 aliphatic rings. The van der Waals surface area contributed by atoms with Crippen LogP contribution in [0, 0.1) is 0 Å². The summed E-state index contributed by atoms with van der Waals surface area (Å²) in [4.78, 5) is 11.8. The van der Waals surface area contributed by atoms with Crippen molar-refractivity contribution >= 4 is 6.09 Å². The third kappa shape index (κ3) is 4.72. The molecule has 1 aromatic rings. The average Bonchev–Trinajstić information content (AvgIpc) is 3.15. The van der Waals surface area contributed by atoms with Crippen LogP contribution >= 0.6 is 0 Å². The fraction of sp³-hybridized carbons (Fsp3) is 0.562. The number of aliphatic hydroxyl groups is 1. The Hall–Kier alpha value is -1.59. The number of aliphatic hydroxyl groups excluding tert-OH is 1. The second-order valence-corrected chi connectivity index (χ2v) is 6.43. The highest BCUT2D eigenvalue weighted by Gasteiger charge is 2.52. The Morgan fingerprint density at radius 3 is 2.48 bits per heavy atom. The van der Waals surface area contributed by atoms with Gasteiger partial charge in [-0.05, 0) is 39.2 Å². The first-order valence-electron chi connectivity index (χ1n) is 7.15. The van der Waals surface area contributed by atoms with Gasteiger partial charge in [-0.15, -0.1) is 0 Å². The summed E-state index contributed by atoms with van der Waals surface area (Å²) in [5.41, 5.74) is -0.294. The molecule has 116 valence electrons. The molecule has 2 N–H and O–H groups in total. The number of carbonyl (C=O) groups is 1. The molecule has 1 aliphatic carbocycles. The fourth-order valence-electron chi connectivity index (χ4n) is 1.98. The van der Waals surface area contributed by atoms with Crippen molar-refractivity contribution in [3.05, 3.63) is 35.9 Å². The van der Waals surface area contributed by atoms with Gasteiger partial charge in [0.15, 0.2) is 6.29 Å². The Kier molecular flexibility index (Phi) is 4.54. The molecular formula is C16H23NO4. The van der Waals surface area contributed by atoms with E-state index in [1.807, 2.05) is 30.3 Å². The van der Waals surface area contributed by atoms with Gasteiger partial charge in [0.2, 0.25) is 0 Å². The smallest absolute Gasteiger partial charge is 0.408 e. The van der Waals surface area contributed by atoms with E-state index < -0.39 is 23.5 Å². The van der Waals surface area contributed by atoms with Gasteiger partial charge in [0, 0.05) is 0 Å². The number of benzene rings is 1. The molecule has 1 atom stereocenters. The Balaban J connectivity index is 1.84. The molecule has 5 heteroatoms. The van der Waals surface area contributed by atoms with Crippen LogP contribution in [0.3, 0.4) is 0 Å². The first kappa shape index (κ1) is 15.8. The van der Waals surface area contributed by atoms with Crippen LogP contribution < -0.4 is 5.32 Å². The molecule has 0 aromatic heterocycles. The van der Waals surface area contributed by atoms with Gasteiger partial charge in [-0.25, -0.2) is 4.79 Å². The number of rotatable bonds is 5. The molecule has 0 aliphatic heterocycles. The Morgan fingerprint density at radius 1 is 1.33 bits per heavy atom. The maximum absolute atomic E-state index is 11.8. The van der Waals surface area contributed by atoms with Crippen molar-refractivity contribution in [2.45, 2.75) is 57.6 Å². The largest absolute Gasteiger partial charge is 0.444 e. The maximum atomic E-state index is 11.8. The molecule has 1 unspecified atom stereocenters. The average molecular weight is 293 g/mol. The Morgan fingerprint density at radius 2 is 1.95 bits per heavy atom. The lowest BCUT2D eigenvalue weighted by Gasteiger charge is -2.26. The number of carbonyl (C=O) groups excluding carboxylic acids is 1. The summed E-state index contributed by atoms with van der Waals surface area (Å²) in [6, 6.07) is 9.60. The van der Waals surface area contributed by atoms with E-state index in [-0.39, 0.29) is 0 Å². The van der Waals surface area contributed by atoms with E-state index in [1.54, 1.807) is 20.8 Å². The number of nitrogens with one attached hydrogen (secondary N) is 1. The van der Waals surface area contributed by atoms with E-state index in [0.29, 0.717) is 19.4 Å². The first-order chi connectivity index (χ1) is 9.81. The van der Waals surface area contributed by atoms with Crippen LogP contribution in [0.15, 0.2) is 30.3 Å². The lowest BCUT2D eigenvalue weighted by Crippen LogP contribution is -2.48. The van der Waals surface area contributed by atoms with Gasteiger partial charge in [0.25, 0.3) is 0 Å². The van der Waals surface area contributed by atoms with E-state index in [1.165, 1.54) is 0 Å². The van der Waals surface area contributed by atoms with Crippen LogP contribution in [0.2, 0.25) is 0 Å². The van der Waals surface area contributed by atoms with Crippen LogP contribution in [0.1, 0.15) is 39.2 Å². The number of amides is 1. The normalized spacial score (nSPS) is 17.9. The molecule has 1 fully saturated rings. The zero-order valence-electron chi connectivity index (χ0n) is 12.8. The van der Waals surface area contributed by atoms with Gasteiger partial charge in [0.05, 0.1) is 12.1 Å². The Labute approximate surface area is 125 Å². The highest BCUT2D eigenvalue weighted by atomic mass is 16.6. The SMILES string of the molecule is CC(C)(C)OC(=O)NC1(C(O)OCc2ccccc2)CC1. The molecule has 1 saturated carbocycles. The summed E-state index contributed by atoms with van der Waals surface area (Å²) in [7, 11) is 0. The van der Waals surface area contributed by atoms with E-state index in [2.05, 4.69) is 5.32 Å². The van der Waals surface area contributed by atoms with E-state index in [4.69, 9.17) is 9.47 Å². The topological polar surface area (TPSA) is 67.8 Å². The van der Waals surface area contributed by atoms with Gasteiger partial charge in [-0.3, -0.25) is 0 Å². The van der Waals surface area contributed by atoms with E-state index >= 15 is 0 Å². The molecule has 0 heterocycles. The molecule has 0 bridgehead atoms. The minimum Gasteiger partial charge on any atom is -0.444 e. The second kappa shape index (κ2) is 6.03. The van der Waals surface area contributed by atoms with Crippen LogP contribution in [-0.2, 0) is 16.1 Å². The molecule has 1 amide bonds. The third-order valence-corrected chi connectivity index (χ3v) is 3.26. The van der Waals surface area contributed by atoms with Crippen molar-refractivity contribution in [1.82, 2.24) is 5.32 Å². The van der Waals surface area contributed by atoms with Crippen molar-refractivity contribution < 1.29 is 19.4 Å². The minimum absolute atomic E-state index is 0.305. The van der Waals surface area contributed by atoms with Crippen LogP contribution in [0.5, 0.6) is 0 Å². The molecule has 2 rings (SSSR count). The van der Waals surface area contributed by atoms with Gasteiger partial charge < -0.3 is 19.9 Å². The van der Waals surface area contributed by atoms with Crippen LogP contribution in [0.25, 0.3) is 0 Å². The van der Waals surface area contributed by atoms with Gasteiger partial charge in [-0.2, -0.15) is 0 Å². The summed E-state index contributed by atoms with van der Waals surface area (Å²) in [5.74, 6) is 0. The summed E-state index contributed by atoms with van der Waals surface area (Å²) in [6.45, 7) is 5.71. The number of alkyl carbamates (subject to hydrolysis) is 1. The first-order valence-corrected chi connectivity index (χ1v) is 7.15. The highest BCUT2D eigenvalue weighted by Crippen LogP contribution is 2.39. The zero-order chi connectivity index (χ0) is 15.5. The van der Waals surface area contributed by atoms with Crippen molar-refractivity contribution in [2.24, 2.45) is 0 Å². The van der Waals surface area contributed by atoms with Crippen LogP contribution in [0.4, 0.5) is 4.79 Å². The summed E-state index contributed by atoms with van der Waals surface area (Å²) >= 11 is 0. The van der Waals surface area contributed by atoms with E-state index in [0.717, 1.165) is 5.56 Å². The van der Waals surface area contributed by atoms with Gasteiger partial charge >= 0.3 is 6.09 Å². The molecule has 0 saturated heterocycles. The maximum Gasteiger partial charge on any atom is 0.408 e. The summed E-state index contributed by atoms with van der Waals surface area (Å²) in [6.07, 6.45) is -0.197. The van der Waals surface area contributed by atoms with Crippen molar-refractivity contribution in [3.8, 4) is 0 Å². The predicted molar refractivity (Wildman–Crippen MR) is 78.6 cm³/mol. The van der Waals surface area contributed by atoms with Crippen LogP contribution in [-0.4, -0.2) is 28.6 Å². The molecule has 21 heavy (non-hydrogen) atoms. The standard InChI is InChI=1S/C16H23NO4/c1-15(2,3)21-14(19)17-16(9-10-16)13(18)20-11-12-7-5-4-6-8-12/h4-8,13,18H,9-11H2,1-3H3,(H,17,19). The number of ether oxygens (including phenoxy) is 2. The zero-order valence-corrected chi connectivity index (χ0v) is 12.8. The quantitative estimate of drug-likeness (QED) is 0.819. The number of hydrogen-bond acceptors (Lipinski definition) is 4. The number of hydrogen-bond donors (Lipinski definition) is 2. The lowest BCUT2D eigenvalue weighted by molar-refractivity contribution is -0.135. The molecule has 5 nitrogen and oxygen atoms in total. The van der Waals surface area contributed by atoms with Crippen molar-refractivity contribution in [1.29, 1.82) is 0 Å². The fourth-order valence-corrected chi connectivity index (χ4v) is 1.98. The van der Waals surface area contributed by atoms with Gasteiger partial charge in [0.1, 0.15) is 5.60 Å². The Bertz CT molecular complexity index is 477. The molecular weight excluding hydrogens is 270 g/mol. The monoisotopic (exact) mass is 293 g/mol. The van der Waals surface area contributed by atoms with Crippen molar-refractivity contribution in [2.75, 3.05) is 0 Å². The lowest BCUT2D eigenvalue weighted by atomic mass is 10.2. The summed E-state index contributed by atoms with van der Waals surface area (Å²) < 4.78 is 10.7. The molecule has 1 aromatic carbocycles. The molecule has 0 spiro atoms. The van der Waals surface area contributed by atoms with E-state index in [9.17, 15) is 9.90 Å². The van der Waals surface area contributed by atoms with Crippen molar-refractivity contribution in [3.63, 3.8) is 0 Å². The summed E-state index contributed by atoms with van der Waals surface area (Å²) in [5, 5.41) is 12.9. The second-order valence-electron chi connectivity index (χ2n) is 6.43. The molecule has 0 radical (unpaired) electrons.